The number of ether oxygens (including phenoxy) is 1. The highest BCUT2D eigenvalue weighted by molar-refractivity contribution is 5.60. The summed E-state index contributed by atoms with van der Waals surface area (Å²) in [4.78, 5) is 0. The predicted octanol–water partition coefficient (Wildman–Crippen LogP) is 4.52. The smallest absolute Gasteiger partial charge is 0.127 e. The van der Waals surface area contributed by atoms with Crippen molar-refractivity contribution in [2.75, 3.05) is 0 Å². The van der Waals surface area contributed by atoms with Crippen molar-refractivity contribution in [3.63, 3.8) is 0 Å². The molecule has 0 amide bonds. The maximum atomic E-state index is 10.3. The first-order valence-corrected chi connectivity index (χ1v) is 7.60. The zero-order valence-electron chi connectivity index (χ0n) is 12.3. The molecule has 1 N–H and O–H groups in total. The summed E-state index contributed by atoms with van der Waals surface area (Å²) < 4.78 is 6.28. The average Bonchev–Trinajstić information content (AvgIpc) is 2.72. The molecule has 0 saturated heterocycles. The third-order valence-corrected chi connectivity index (χ3v) is 5.10. The largest absolute Gasteiger partial charge is 0.507 e. The van der Waals surface area contributed by atoms with Gasteiger partial charge in [0.1, 0.15) is 17.6 Å². The summed E-state index contributed by atoms with van der Waals surface area (Å²) in [5.41, 5.74) is 4.45. The molecular formula is C17H24O2. The van der Waals surface area contributed by atoms with Gasteiger partial charge in [0, 0.05) is 11.5 Å². The van der Waals surface area contributed by atoms with Crippen LogP contribution < -0.4 is 4.74 Å². The second-order valence-electron chi connectivity index (χ2n) is 6.22. The van der Waals surface area contributed by atoms with Crippen LogP contribution in [-0.4, -0.2) is 11.2 Å². The Bertz CT molecular complexity index is 505. The molecule has 0 bridgehead atoms. The standard InChI is InChI=1S/C17H24O2/c1-10-11(2)17-15(12(3)16(10)18)13-8-6-4-5-7-9-14(13)19-17/h13-14,18H,4-9H2,1-3H3/t13-,14+/m0/s1. The van der Waals surface area contributed by atoms with Crippen LogP contribution in [-0.2, 0) is 0 Å². The monoisotopic (exact) mass is 260 g/mol. The minimum atomic E-state index is 0.342. The number of phenolic OH excluding ortho intramolecular Hbond substituents is 1. The van der Waals surface area contributed by atoms with Crippen LogP contribution in [0.5, 0.6) is 11.5 Å². The van der Waals surface area contributed by atoms with E-state index in [1.807, 2.05) is 13.8 Å². The van der Waals surface area contributed by atoms with Crippen LogP contribution in [0.15, 0.2) is 0 Å². The first-order chi connectivity index (χ1) is 9.11. The normalized spacial score (nSPS) is 26.1. The Morgan fingerprint density at radius 3 is 2.32 bits per heavy atom. The van der Waals surface area contributed by atoms with Crippen molar-refractivity contribution in [3.8, 4) is 11.5 Å². The van der Waals surface area contributed by atoms with E-state index in [0.717, 1.165) is 28.9 Å². The van der Waals surface area contributed by atoms with E-state index in [2.05, 4.69) is 6.92 Å². The minimum absolute atomic E-state index is 0.342. The van der Waals surface area contributed by atoms with Crippen LogP contribution in [0.2, 0.25) is 0 Å². The minimum Gasteiger partial charge on any atom is -0.507 e. The van der Waals surface area contributed by atoms with Gasteiger partial charge in [0.25, 0.3) is 0 Å². The third kappa shape index (κ3) is 1.92. The highest BCUT2D eigenvalue weighted by Gasteiger charge is 2.38. The molecule has 19 heavy (non-hydrogen) atoms. The van der Waals surface area contributed by atoms with Crippen LogP contribution in [0.3, 0.4) is 0 Å². The van der Waals surface area contributed by atoms with E-state index >= 15 is 0 Å². The number of aromatic hydroxyl groups is 1. The molecule has 0 radical (unpaired) electrons. The van der Waals surface area contributed by atoms with Crippen LogP contribution in [0.25, 0.3) is 0 Å². The Kier molecular flexibility index (Phi) is 3.20. The molecule has 0 aromatic heterocycles. The van der Waals surface area contributed by atoms with Crippen molar-refractivity contribution in [3.05, 3.63) is 22.3 Å². The summed E-state index contributed by atoms with van der Waals surface area (Å²) in [5, 5.41) is 10.3. The Morgan fingerprint density at radius 1 is 0.895 bits per heavy atom. The summed E-state index contributed by atoms with van der Waals surface area (Å²) in [6.07, 6.45) is 7.96. The molecule has 1 aliphatic carbocycles. The number of hydrogen-bond acceptors (Lipinski definition) is 2. The molecule has 1 saturated carbocycles. The summed E-state index contributed by atoms with van der Waals surface area (Å²) in [6, 6.07) is 0. The van der Waals surface area contributed by atoms with E-state index < -0.39 is 0 Å². The molecule has 104 valence electrons. The quantitative estimate of drug-likeness (QED) is 0.743. The number of hydrogen-bond donors (Lipinski definition) is 1. The lowest BCUT2D eigenvalue weighted by atomic mass is 9.82. The maximum absolute atomic E-state index is 10.3. The molecule has 3 rings (SSSR count). The van der Waals surface area contributed by atoms with Crippen molar-refractivity contribution in [2.45, 2.75) is 71.3 Å². The van der Waals surface area contributed by atoms with Gasteiger partial charge in [-0.2, -0.15) is 0 Å². The predicted molar refractivity (Wildman–Crippen MR) is 77.2 cm³/mol. The Morgan fingerprint density at radius 2 is 1.58 bits per heavy atom. The van der Waals surface area contributed by atoms with Crippen LogP contribution >= 0.6 is 0 Å². The zero-order chi connectivity index (χ0) is 13.6. The van der Waals surface area contributed by atoms with Gasteiger partial charge in [0.05, 0.1) is 0 Å². The van der Waals surface area contributed by atoms with E-state index in [0.29, 0.717) is 17.8 Å². The lowest BCUT2D eigenvalue weighted by molar-refractivity contribution is 0.176. The second kappa shape index (κ2) is 4.73. The molecule has 2 nitrogen and oxygen atoms in total. The van der Waals surface area contributed by atoms with Gasteiger partial charge >= 0.3 is 0 Å². The molecule has 1 aliphatic heterocycles. The Hall–Kier alpha value is -1.18. The van der Waals surface area contributed by atoms with Crippen molar-refractivity contribution in [1.29, 1.82) is 0 Å². The summed E-state index contributed by atoms with van der Waals surface area (Å²) in [7, 11) is 0. The fourth-order valence-electron chi connectivity index (χ4n) is 3.80. The van der Waals surface area contributed by atoms with E-state index in [1.54, 1.807) is 0 Å². The fraction of sp³-hybridized carbons (Fsp3) is 0.647. The Labute approximate surface area is 115 Å². The first kappa shape index (κ1) is 12.8. The molecule has 2 atom stereocenters. The van der Waals surface area contributed by atoms with Gasteiger partial charge < -0.3 is 9.84 Å². The zero-order valence-corrected chi connectivity index (χ0v) is 12.3. The Balaban J connectivity index is 2.09. The van der Waals surface area contributed by atoms with Crippen molar-refractivity contribution >= 4 is 0 Å². The summed E-state index contributed by atoms with van der Waals surface area (Å²) in [6.45, 7) is 6.11. The average molecular weight is 260 g/mol. The van der Waals surface area contributed by atoms with Crippen LogP contribution in [0.1, 0.15) is 66.7 Å². The second-order valence-corrected chi connectivity index (χ2v) is 6.22. The van der Waals surface area contributed by atoms with E-state index in [-0.39, 0.29) is 0 Å². The van der Waals surface area contributed by atoms with Gasteiger partial charge in [-0.05, 0) is 56.7 Å². The topological polar surface area (TPSA) is 29.5 Å². The van der Waals surface area contributed by atoms with E-state index in [9.17, 15) is 5.11 Å². The molecule has 0 unspecified atom stereocenters. The van der Waals surface area contributed by atoms with Gasteiger partial charge in [-0.25, -0.2) is 0 Å². The molecule has 0 spiro atoms. The van der Waals surface area contributed by atoms with E-state index in [4.69, 9.17) is 4.74 Å². The number of rotatable bonds is 0. The molecule has 1 aromatic rings. The lowest BCUT2D eigenvalue weighted by Gasteiger charge is -2.22. The van der Waals surface area contributed by atoms with Gasteiger partial charge in [-0.1, -0.05) is 19.3 Å². The molecule has 2 heteroatoms. The maximum Gasteiger partial charge on any atom is 0.127 e. The highest BCUT2D eigenvalue weighted by atomic mass is 16.5. The van der Waals surface area contributed by atoms with E-state index in [1.165, 1.54) is 37.7 Å². The lowest BCUT2D eigenvalue weighted by Crippen LogP contribution is -2.20. The molecule has 1 aromatic carbocycles. The summed E-state index contributed by atoms with van der Waals surface area (Å²) >= 11 is 0. The molecular weight excluding hydrogens is 236 g/mol. The van der Waals surface area contributed by atoms with Gasteiger partial charge in [-0.15, -0.1) is 0 Å². The number of phenols is 1. The number of fused-ring (bicyclic) bond motifs is 3. The van der Waals surface area contributed by atoms with Gasteiger partial charge in [0.2, 0.25) is 0 Å². The van der Waals surface area contributed by atoms with Gasteiger partial charge in [-0.3, -0.25) is 0 Å². The fourth-order valence-corrected chi connectivity index (χ4v) is 3.80. The molecule has 1 heterocycles. The molecule has 2 aliphatic rings. The van der Waals surface area contributed by atoms with Crippen molar-refractivity contribution < 1.29 is 9.84 Å². The summed E-state index contributed by atoms with van der Waals surface area (Å²) in [5.74, 6) is 2.05. The first-order valence-electron chi connectivity index (χ1n) is 7.60. The highest BCUT2D eigenvalue weighted by Crippen LogP contribution is 2.50. The SMILES string of the molecule is Cc1c(C)c2c(c(C)c1O)[C@H]1CCCCCC[C@H]1O2. The van der Waals surface area contributed by atoms with Crippen molar-refractivity contribution in [2.24, 2.45) is 0 Å². The number of benzene rings is 1. The molecule has 1 fully saturated rings. The van der Waals surface area contributed by atoms with Crippen LogP contribution in [0, 0.1) is 20.8 Å². The van der Waals surface area contributed by atoms with Crippen molar-refractivity contribution in [1.82, 2.24) is 0 Å². The van der Waals surface area contributed by atoms with Crippen LogP contribution in [0.4, 0.5) is 0 Å². The van der Waals surface area contributed by atoms with Gasteiger partial charge in [0.15, 0.2) is 0 Å². The third-order valence-electron chi connectivity index (χ3n) is 5.10.